The van der Waals surface area contributed by atoms with Crippen LogP contribution in [0.4, 0.5) is 5.82 Å². The summed E-state index contributed by atoms with van der Waals surface area (Å²) in [5.74, 6) is 2.29. The molecule has 1 aromatic heterocycles. The smallest absolute Gasteiger partial charge is 0.135 e. The molecule has 2 rings (SSSR count). The zero-order chi connectivity index (χ0) is 10.8. The van der Waals surface area contributed by atoms with Gasteiger partial charge in [-0.05, 0) is 26.2 Å². The van der Waals surface area contributed by atoms with Crippen LogP contribution < -0.4 is 5.32 Å². The molecule has 1 fully saturated rings. The number of hydrogen-bond acceptors (Lipinski definition) is 3. The van der Waals surface area contributed by atoms with E-state index in [1.807, 2.05) is 0 Å². The highest BCUT2D eigenvalue weighted by molar-refractivity contribution is 6.29. The largest absolute Gasteiger partial charge is 0.367 e. The first-order chi connectivity index (χ1) is 7.19. The summed E-state index contributed by atoms with van der Waals surface area (Å²) >= 11 is 5.96. The van der Waals surface area contributed by atoms with Crippen LogP contribution >= 0.6 is 11.6 Å². The molecule has 0 saturated heterocycles. The monoisotopic (exact) mass is 225 g/mol. The lowest BCUT2D eigenvalue weighted by atomic mass is 10.2. The predicted octanol–water partition coefficient (Wildman–Crippen LogP) is 3.22. The number of anilines is 1. The second-order valence-corrected chi connectivity index (χ2v) is 4.55. The van der Waals surface area contributed by atoms with Gasteiger partial charge >= 0.3 is 0 Å². The molecule has 0 aliphatic heterocycles. The van der Waals surface area contributed by atoms with Gasteiger partial charge in [-0.1, -0.05) is 18.5 Å². The van der Waals surface area contributed by atoms with Gasteiger partial charge in [0.25, 0.3) is 0 Å². The van der Waals surface area contributed by atoms with Crippen LogP contribution in [0, 0.1) is 0 Å². The SMILES string of the molecule is CC[C@@H](C)Nc1cc(Cl)nc(C2CC2)n1. The van der Waals surface area contributed by atoms with Crippen LogP contribution in [0.1, 0.15) is 44.9 Å². The minimum absolute atomic E-state index is 0.419. The summed E-state index contributed by atoms with van der Waals surface area (Å²) in [5, 5.41) is 3.86. The Morgan fingerprint density at radius 3 is 2.87 bits per heavy atom. The Morgan fingerprint density at radius 1 is 1.53 bits per heavy atom. The lowest BCUT2D eigenvalue weighted by molar-refractivity contribution is 0.755. The fraction of sp³-hybridized carbons (Fsp3) is 0.636. The van der Waals surface area contributed by atoms with Crippen molar-refractivity contribution in [1.82, 2.24) is 9.97 Å². The van der Waals surface area contributed by atoms with Crippen molar-refractivity contribution < 1.29 is 0 Å². The molecule has 0 bridgehead atoms. The van der Waals surface area contributed by atoms with Crippen molar-refractivity contribution in [2.24, 2.45) is 0 Å². The topological polar surface area (TPSA) is 37.8 Å². The van der Waals surface area contributed by atoms with Crippen LogP contribution in [0.25, 0.3) is 0 Å². The zero-order valence-electron chi connectivity index (χ0n) is 9.13. The second-order valence-electron chi connectivity index (χ2n) is 4.16. The maximum Gasteiger partial charge on any atom is 0.135 e. The van der Waals surface area contributed by atoms with Crippen LogP contribution in [0.2, 0.25) is 5.15 Å². The third-order valence-electron chi connectivity index (χ3n) is 2.66. The Labute approximate surface area is 95.3 Å². The molecular weight excluding hydrogens is 210 g/mol. The molecule has 1 aliphatic rings. The summed E-state index contributed by atoms with van der Waals surface area (Å²) in [6, 6.07) is 2.21. The molecule has 0 aromatic carbocycles. The highest BCUT2D eigenvalue weighted by Crippen LogP contribution is 2.38. The molecule has 0 amide bonds. The number of halogens is 1. The molecule has 1 aromatic rings. The predicted molar refractivity (Wildman–Crippen MR) is 62.4 cm³/mol. The second kappa shape index (κ2) is 4.35. The Kier molecular flexibility index (Phi) is 3.10. The zero-order valence-corrected chi connectivity index (χ0v) is 9.88. The highest BCUT2D eigenvalue weighted by Gasteiger charge is 2.27. The van der Waals surface area contributed by atoms with Crippen LogP contribution in [0.5, 0.6) is 0 Å². The molecule has 1 saturated carbocycles. The summed E-state index contributed by atoms with van der Waals surface area (Å²) < 4.78 is 0. The van der Waals surface area contributed by atoms with Gasteiger partial charge in [-0.3, -0.25) is 0 Å². The van der Waals surface area contributed by atoms with E-state index in [1.54, 1.807) is 6.07 Å². The molecular formula is C11H16ClN3. The van der Waals surface area contributed by atoms with Crippen LogP contribution in [0.15, 0.2) is 6.07 Å². The summed E-state index contributed by atoms with van der Waals surface area (Å²) in [7, 11) is 0. The lowest BCUT2D eigenvalue weighted by Crippen LogP contribution is -2.15. The molecule has 0 spiro atoms. The highest BCUT2D eigenvalue weighted by atomic mass is 35.5. The van der Waals surface area contributed by atoms with Gasteiger partial charge in [-0.15, -0.1) is 0 Å². The van der Waals surface area contributed by atoms with E-state index in [0.29, 0.717) is 17.1 Å². The number of nitrogens with zero attached hydrogens (tertiary/aromatic N) is 2. The van der Waals surface area contributed by atoms with Crippen molar-refractivity contribution in [2.75, 3.05) is 5.32 Å². The first-order valence-electron chi connectivity index (χ1n) is 5.50. The van der Waals surface area contributed by atoms with E-state index in [-0.39, 0.29) is 0 Å². The van der Waals surface area contributed by atoms with Crippen LogP contribution in [0.3, 0.4) is 0 Å². The fourth-order valence-corrected chi connectivity index (χ4v) is 1.58. The van der Waals surface area contributed by atoms with Gasteiger partial charge in [-0.25, -0.2) is 9.97 Å². The van der Waals surface area contributed by atoms with Crippen molar-refractivity contribution in [1.29, 1.82) is 0 Å². The van der Waals surface area contributed by atoms with Gasteiger partial charge in [0.1, 0.15) is 16.8 Å². The van der Waals surface area contributed by atoms with Gasteiger partial charge in [0.15, 0.2) is 0 Å². The van der Waals surface area contributed by atoms with E-state index >= 15 is 0 Å². The van der Waals surface area contributed by atoms with E-state index in [0.717, 1.165) is 18.1 Å². The fourth-order valence-electron chi connectivity index (χ4n) is 1.39. The van der Waals surface area contributed by atoms with E-state index in [4.69, 9.17) is 11.6 Å². The van der Waals surface area contributed by atoms with Gasteiger partial charge in [0.2, 0.25) is 0 Å². The Hall–Kier alpha value is -0.830. The molecule has 3 nitrogen and oxygen atoms in total. The van der Waals surface area contributed by atoms with Gasteiger partial charge in [0.05, 0.1) is 0 Å². The minimum Gasteiger partial charge on any atom is -0.367 e. The summed E-state index contributed by atoms with van der Waals surface area (Å²) in [5.41, 5.74) is 0. The Bertz CT molecular complexity index is 350. The Balaban J connectivity index is 2.15. The van der Waals surface area contributed by atoms with Gasteiger partial charge in [-0.2, -0.15) is 0 Å². The van der Waals surface area contributed by atoms with Crippen molar-refractivity contribution in [3.05, 3.63) is 17.0 Å². The van der Waals surface area contributed by atoms with Crippen molar-refractivity contribution in [2.45, 2.75) is 45.1 Å². The number of aromatic nitrogens is 2. The van der Waals surface area contributed by atoms with Gasteiger partial charge in [0, 0.05) is 18.0 Å². The molecule has 1 heterocycles. The average Bonchev–Trinajstić information content (AvgIpc) is 2.99. The minimum atomic E-state index is 0.419. The van der Waals surface area contributed by atoms with E-state index < -0.39 is 0 Å². The molecule has 0 unspecified atom stereocenters. The number of nitrogens with one attached hydrogen (secondary N) is 1. The van der Waals surface area contributed by atoms with E-state index in [1.165, 1.54) is 12.8 Å². The first kappa shape index (κ1) is 10.7. The van der Waals surface area contributed by atoms with E-state index in [9.17, 15) is 0 Å². The molecule has 1 N–H and O–H groups in total. The quantitative estimate of drug-likeness (QED) is 0.800. The summed E-state index contributed by atoms with van der Waals surface area (Å²) in [6.07, 6.45) is 3.46. The van der Waals surface area contributed by atoms with E-state index in [2.05, 4.69) is 29.1 Å². The summed E-state index contributed by atoms with van der Waals surface area (Å²) in [4.78, 5) is 8.72. The van der Waals surface area contributed by atoms with Crippen molar-refractivity contribution in [3.8, 4) is 0 Å². The van der Waals surface area contributed by atoms with Crippen molar-refractivity contribution >= 4 is 17.4 Å². The average molecular weight is 226 g/mol. The van der Waals surface area contributed by atoms with Crippen molar-refractivity contribution in [3.63, 3.8) is 0 Å². The molecule has 15 heavy (non-hydrogen) atoms. The van der Waals surface area contributed by atoms with Crippen LogP contribution in [-0.2, 0) is 0 Å². The standard InChI is InChI=1S/C11H16ClN3/c1-3-7(2)13-10-6-9(12)14-11(15-10)8-4-5-8/h6-8H,3-5H2,1-2H3,(H,13,14,15)/t7-/m1/s1. The number of hydrogen-bond donors (Lipinski definition) is 1. The van der Waals surface area contributed by atoms with Gasteiger partial charge < -0.3 is 5.32 Å². The normalized spacial score (nSPS) is 17.5. The molecule has 1 aliphatic carbocycles. The number of rotatable bonds is 4. The third-order valence-corrected chi connectivity index (χ3v) is 2.85. The molecule has 82 valence electrons. The maximum atomic E-state index is 5.96. The molecule has 1 atom stereocenters. The Morgan fingerprint density at radius 2 is 2.27 bits per heavy atom. The van der Waals surface area contributed by atoms with Crippen LogP contribution in [-0.4, -0.2) is 16.0 Å². The first-order valence-corrected chi connectivity index (χ1v) is 5.88. The maximum absolute atomic E-state index is 5.96. The summed E-state index contributed by atoms with van der Waals surface area (Å²) in [6.45, 7) is 4.27. The molecule has 0 radical (unpaired) electrons. The molecule has 4 heteroatoms. The third kappa shape index (κ3) is 2.81. The lowest BCUT2D eigenvalue weighted by Gasteiger charge is -2.12.